The van der Waals surface area contributed by atoms with Gasteiger partial charge in [-0.3, -0.25) is 4.79 Å². The van der Waals surface area contributed by atoms with Crippen molar-refractivity contribution in [3.63, 3.8) is 0 Å². The van der Waals surface area contributed by atoms with Crippen molar-refractivity contribution in [3.8, 4) is 5.75 Å². The van der Waals surface area contributed by atoms with Crippen LogP contribution in [0.4, 0.5) is 11.4 Å². The molecule has 1 aliphatic rings. The van der Waals surface area contributed by atoms with Gasteiger partial charge < -0.3 is 24.4 Å². The molecule has 0 saturated carbocycles. The number of nitrogens with zero attached hydrogens (tertiary/aromatic N) is 1. The van der Waals surface area contributed by atoms with E-state index in [1.165, 1.54) is 0 Å². The van der Waals surface area contributed by atoms with Gasteiger partial charge in [-0.25, -0.2) is 4.79 Å². The van der Waals surface area contributed by atoms with Gasteiger partial charge in [-0.1, -0.05) is 30.7 Å². The van der Waals surface area contributed by atoms with Crippen LogP contribution in [0.3, 0.4) is 0 Å². The molecule has 0 bridgehead atoms. The lowest BCUT2D eigenvalue weighted by molar-refractivity contribution is -0.118. The number of benzene rings is 2. The molecule has 3 rings (SSSR count). The van der Waals surface area contributed by atoms with Crippen LogP contribution in [-0.4, -0.2) is 51.4 Å². The highest BCUT2D eigenvalue weighted by molar-refractivity contribution is 6.32. The molecule has 30 heavy (non-hydrogen) atoms. The average molecular weight is 433 g/mol. The van der Waals surface area contributed by atoms with Gasteiger partial charge in [-0.2, -0.15) is 0 Å². The Kier molecular flexibility index (Phi) is 7.93. The number of para-hydroxylation sites is 1. The zero-order valence-corrected chi connectivity index (χ0v) is 17.6. The van der Waals surface area contributed by atoms with Gasteiger partial charge in [-0.15, -0.1) is 0 Å². The smallest absolute Gasteiger partial charge is 0.340 e. The van der Waals surface area contributed by atoms with Crippen LogP contribution in [0.5, 0.6) is 5.75 Å². The molecule has 0 aliphatic carbocycles. The fraction of sp³-hybridized carbons (Fsp3) is 0.364. The second-order valence-electron chi connectivity index (χ2n) is 6.73. The van der Waals surface area contributed by atoms with Crippen molar-refractivity contribution >= 4 is 34.9 Å². The molecular weight excluding hydrogens is 408 g/mol. The molecule has 0 spiro atoms. The van der Waals surface area contributed by atoms with E-state index in [0.717, 1.165) is 12.1 Å². The maximum Gasteiger partial charge on any atom is 0.340 e. The van der Waals surface area contributed by atoms with E-state index in [1.807, 2.05) is 13.0 Å². The first kappa shape index (κ1) is 21.9. The van der Waals surface area contributed by atoms with Gasteiger partial charge in [0.2, 0.25) is 0 Å². The zero-order chi connectivity index (χ0) is 21.3. The normalized spacial score (nSPS) is 13.6. The number of anilines is 2. The third-order valence-electron chi connectivity index (χ3n) is 4.48. The number of halogens is 1. The van der Waals surface area contributed by atoms with Crippen molar-refractivity contribution in [2.45, 2.75) is 13.3 Å². The molecule has 2 aromatic rings. The highest BCUT2D eigenvalue weighted by Crippen LogP contribution is 2.27. The molecule has 1 heterocycles. The first-order valence-corrected chi connectivity index (χ1v) is 10.3. The molecule has 1 amide bonds. The molecule has 1 N–H and O–H groups in total. The van der Waals surface area contributed by atoms with E-state index in [2.05, 4.69) is 10.2 Å². The number of amides is 1. The molecule has 1 fully saturated rings. The molecule has 1 saturated heterocycles. The molecule has 2 aromatic carbocycles. The van der Waals surface area contributed by atoms with Gasteiger partial charge >= 0.3 is 5.97 Å². The molecule has 0 atom stereocenters. The van der Waals surface area contributed by atoms with Crippen LogP contribution >= 0.6 is 11.6 Å². The molecule has 8 heteroatoms. The highest BCUT2D eigenvalue weighted by atomic mass is 35.5. The third kappa shape index (κ3) is 5.87. The second-order valence-corrected chi connectivity index (χ2v) is 7.14. The Bertz CT molecular complexity index is 884. The van der Waals surface area contributed by atoms with Crippen LogP contribution in [0, 0.1) is 0 Å². The van der Waals surface area contributed by atoms with Crippen LogP contribution in [0.15, 0.2) is 42.5 Å². The van der Waals surface area contributed by atoms with E-state index in [0.29, 0.717) is 54.9 Å². The van der Waals surface area contributed by atoms with Crippen molar-refractivity contribution in [1.82, 2.24) is 0 Å². The van der Waals surface area contributed by atoms with Crippen molar-refractivity contribution in [1.29, 1.82) is 0 Å². The number of hydrogen-bond acceptors (Lipinski definition) is 6. The summed E-state index contributed by atoms with van der Waals surface area (Å²) in [5.41, 5.74) is 1.67. The van der Waals surface area contributed by atoms with Gasteiger partial charge in [-0.05, 0) is 36.8 Å². The number of ether oxygens (including phenoxy) is 3. The van der Waals surface area contributed by atoms with Crippen molar-refractivity contribution in [3.05, 3.63) is 53.1 Å². The Morgan fingerprint density at radius 3 is 2.67 bits per heavy atom. The summed E-state index contributed by atoms with van der Waals surface area (Å²) in [6.45, 7) is 4.64. The van der Waals surface area contributed by atoms with Crippen LogP contribution in [-0.2, 0) is 14.3 Å². The Hall–Kier alpha value is -2.77. The Balaban J connectivity index is 1.71. The predicted octanol–water partition coefficient (Wildman–Crippen LogP) is 3.76. The molecular formula is C22H25ClN2O5. The van der Waals surface area contributed by atoms with E-state index < -0.39 is 5.97 Å². The minimum atomic E-state index is -0.415. The first-order valence-electron chi connectivity index (χ1n) is 9.89. The third-order valence-corrected chi connectivity index (χ3v) is 4.80. The number of esters is 1. The Morgan fingerprint density at radius 2 is 1.93 bits per heavy atom. The van der Waals surface area contributed by atoms with E-state index in [1.54, 1.807) is 36.4 Å². The summed E-state index contributed by atoms with van der Waals surface area (Å²) in [6, 6.07) is 12.1. The summed E-state index contributed by atoms with van der Waals surface area (Å²) < 4.78 is 16.2. The molecule has 0 radical (unpaired) electrons. The van der Waals surface area contributed by atoms with Crippen LogP contribution in [0.1, 0.15) is 23.7 Å². The minimum Gasteiger partial charge on any atom is -0.482 e. The van der Waals surface area contributed by atoms with E-state index in [-0.39, 0.29) is 12.5 Å². The van der Waals surface area contributed by atoms with Crippen LogP contribution < -0.4 is 15.0 Å². The minimum absolute atomic E-state index is 0.204. The van der Waals surface area contributed by atoms with Gasteiger partial charge in [0.05, 0.1) is 36.1 Å². The molecule has 0 unspecified atom stereocenters. The largest absolute Gasteiger partial charge is 0.482 e. The fourth-order valence-electron chi connectivity index (χ4n) is 3.03. The van der Waals surface area contributed by atoms with Gasteiger partial charge in [0.1, 0.15) is 5.75 Å². The maximum atomic E-state index is 12.6. The van der Waals surface area contributed by atoms with Crippen LogP contribution in [0.2, 0.25) is 5.02 Å². The van der Waals surface area contributed by atoms with Gasteiger partial charge in [0, 0.05) is 18.8 Å². The first-order chi connectivity index (χ1) is 14.6. The zero-order valence-electron chi connectivity index (χ0n) is 16.9. The SMILES string of the molecule is CCCOC(=O)c1cc(NC(=O)COc2ccccc2Cl)ccc1N1CCOCC1. The monoisotopic (exact) mass is 432 g/mol. The highest BCUT2D eigenvalue weighted by Gasteiger charge is 2.21. The van der Waals surface area contributed by atoms with Crippen molar-refractivity contribution in [2.24, 2.45) is 0 Å². The quantitative estimate of drug-likeness (QED) is 0.640. The number of rotatable bonds is 8. The lowest BCUT2D eigenvalue weighted by atomic mass is 10.1. The van der Waals surface area contributed by atoms with Crippen LogP contribution in [0.25, 0.3) is 0 Å². The van der Waals surface area contributed by atoms with Crippen molar-refractivity contribution < 1.29 is 23.8 Å². The molecule has 0 aromatic heterocycles. The predicted molar refractivity (Wildman–Crippen MR) is 116 cm³/mol. The number of morpholine rings is 1. The average Bonchev–Trinajstić information content (AvgIpc) is 2.77. The van der Waals surface area contributed by atoms with E-state index in [4.69, 9.17) is 25.8 Å². The molecule has 1 aliphatic heterocycles. The number of carbonyl (C=O) groups excluding carboxylic acids is 2. The summed E-state index contributed by atoms with van der Waals surface area (Å²) in [4.78, 5) is 27.0. The number of carbonyl (C=O) groups is 2. The summed E-state index contributed by atoms with van der Waals surface area (Å²) in [6.07, 6.45) is 0.731. The Morgan fingerprint density at radius 1 is 1.17 bits per heavy atom. The van der Waals surface area contributed by atoms with E-state index >= 15 is 0 Å². The summed E-state index contributed by atoms with van der Waals surface area (Å²) in [7, 11) is 0. The summed E-state index contributed by atoms with van der Waals surface area (Å²) in [5.74, 6) is -0.343. The lowest BCUT2D eigenvalue weighted by Gasteiger charge is -2.30. The fourth-order valence-corrected chi connectivity index (χ4v) is 3.22. The van der Waals surface area contributed by atoms with Gasteiger partial charge in [0.25, 0.3) is 5.91 Å². The standard InChI is InChI=1S/C22H25ClN2O5/c1-2-11-29-22(27)17-14-16(7-8-19(17)25-9-12-28-13-10-25)24-21(26)15-30-20-6-4-3-5-18(20)23/h3-8,14H,2,9-13,15H2,1H3,(H,24,26). The summed E-state index contributed by atoms with van der Waals surface area (Å²) in [5, 5.41) is 3.19. The topological polar surface area (TPSA) is 77.1 Å². The summed E-state index contributed by atoms with van der Waals surface area (Å²) >= 11 is 6.03. The number of hydrogen-bond donors (Lipinski definition) is 1. The van der Waals surface area contributed by atoms with Crippen molar-refractivity contribution in [2.75, 3.05) is 49.7 Å². The second kappa shape index (κ2) is 10.8. The Labute approximate surface area is 180 Å². The van der Waals surface area contributed by atoms with Gasteiger partial charge in [0.15, 0.2) is 6.61 Å². The lowest BCUT2D eigenvalue weighted by Crippen LogP contribution is -2.37. The molecule has 7 nitrogen and oxygen atoms in total. The van der Waals surface area contributed by atoms with E-state index in [9.17, 15) is 9.59 Å². The number of nitrogens with one attached hydrogen (secondary N) is 1. The molecule has 160 valence electrons. The maximum absolute atomic E-state index is 12.6.